The van der Waals surface area contributed by atoms with Crippen LogP contribution in [0.2, 0.25) is 0 Å². The Morgan fingerprint density at radius 3 is 2.79 bits per heavy atom. The van der Waals surface area contributed by atoms with E-state index in [0.717, 1.165) is 17.1 Å². The van der Waals surface area contributed by atoms with Crippen LogP contribution in [0.5, 0.6) is 0 Å². The summed E-state index contributed by atoms with van der Waals surface area (Å²) in [6.45, 7) is 3.88. The van der Waals surface area contributed by atoms with Crippen LogP contribution in [0.4, 0.5) is 5.95 Å². The predicted molar refractivity (Wildman–Crippen MR) is 58.7 cm³/mol. The molecule has 0 aliphatic carbocycles. The molecule has 0 spiro atoms. The summed E-state index contributed by atoms with van der Waals surface area (Å²) >= 11 is 1.97. The Morgan fingerprint density at radius 2 is 2.14 bits per heavy atom. The molecule has 4 nitrogen and oxygen atoms in total. The van der Waals surface area contributed by atoms with Crippen LogP contribution in [0.1, 0.15) is 17.8 Å². The zero-order valence-electron chi connectivity index (χ0n) is 8.45. The molecule has 1 aliphatic heterocycles. The van der Waals surface area contributed by atoms with Gasteiger partial charge in [-0.15, -0.1) is 5.10 Å². The first-order chi connectivity index (χ1) is 6.75. The van der Waals surface area contributed by atoms with Crippen LogP contribution in [0.25, 0.3) is 0 Å². The predicted octanol–water partition coefficient (Wildman–Crippen LogP) is 1.41. The van der Waals surface area contributed by atoms with Gasteiger partial charge >= 0.3 is 0 Å². The van der Waals surface area contributed by atoms with Gasteiger partial charge in [0.25, 0.3) is 0 Å². The van der Waals surface area contributed by atoms with E-state index in [1.54, 1.807) is 0 Å². The average Bonchev–Trinajstić information content (AvgIpc) is 2.64. The van der Waals surface area contributed by atoms with Crippen molar-refractivity contribution in [2.45, 2.75) is 26.3 Å². The summed E-state index contributed by atoms with van der Waals surface area (Å²) in [7, 11) is 0. The molecular formula is C9H14N4S. The number of aryl methyl sites for hydroxylation is 2. The first kappa shape index (κ1) is 9.71. The average molecular weight is 210 g/mol. The third-order valence-corrected chi connectivity index (χ3v) is 3.52. The van der Waals surface area contributed by atoms with Gasteiger partial charge in [-0.1, -0.05) is 0 Å². The Labute approximate surface area is 87.9 Å². The Bertz CT molecular complexity index is 323. The molecular weight excluding hydrogens is 196 g/mol. The Balaban J connectivity index is 2.05. The fourth-order valence-corrected chi connectivity index (χ4v) is 2.50. The minimum atomic E-state index is 0.518. The maximum Gasteiger partial charge on any atom is 0.243 e. The summed E-state index contributed by atoms with van der Waals surface area (Å²) in [5.74, 6) is 3.05. The minimum absolute atomic E-state index is 0.518. The molecule has 1 N–H and O–H groups in total. The van der Waals surface area contributed by atoms with Crippen LogP contribution < -0.4 is 5.32 Å². The lowest BCUT2D eigenvalue weighted by Gasteiger charge is -2.10. The largest absolute Gasteiger partial charge is 0.349 e. The molecule has 2 heterocycles. The number of nitrogens with zero attached hydrogens (tertiary/aromatic N) is 3. The molecule has 1 aromatic rings. The SMILES string of the molecule is Cc1nnc(NC2CCSC2)nc1C. The number of nitrogens with one attached hydrogen (secondary N) is 1. The highest BCUT2D eigenvalue weighted by Crippen LogP contribution is 2.19. The summed E-state index contributed by atoms with van der Waals surface area (Å²) in [4.78, 5) is 4.34. The van der Waals surface area contributed by atoms with Crippen LogP contribution in [-0.2, 0) is 0 Å². The Morgan fingerprint density at radius 1 is 1.29 bits per heavy atom. The van der Waals surface area contributed by atoms with Gasteiger partial charge in [0.05, 0.1) is 11.4 Å². The number of rotatable bonds is 2. The van der Waals surface area contributed by atoms with Gasteiger partial charge in [0.1, 0.15) is 0 Å². The maximum absolute atomic E-state index is 4.34. The van der Waals surface area contributed by atoms with Crippen LogP contribution in [0.15, 0.2) is 0 Å². The highest BCUT2D eigenvalue weighted by atomic mass is 32.2. The molecule has 0 amide bonds. The summed E-state index contributed by atoms with van der Waals surface area (Å²) in [6, 6.07) is 0.518. The lowest BCUT2D eigenvalue weighted by Crippen LogP contribution is -2.20. The number of aromatic nitrogens is 3. The van der Waals surface area contributed by atoms with E-state index in [1.165, 1.54) is 12.2 Å². The second-order valence-corrected chi connectivity index (χ2v) is 4.66. The van der Waals surface area contributed by atoms with Crippen molar-refractivity contribution in [3.8, 4) is 0 Å². The van der Waals surface area contributed by atoms with E-state index in [1.807, 2.05) is 25.6 Å². The molecule has 1 atom stereocenters. The molecule has 76 valence electrons. The standard InChI is InChI=1S/C9H14N4S/c1-6-7(2)12-13-9(10-6)11-8-3-4-14-5-8/h8H,3-5H2,1-2H3,(H,10,11,13). The van der Waals surface area contributed by atoms with E-state index in [2.05, 4.69) is 20.5 Å². The van der Waals surface area contributed by atoms with E-state index in [0.29, 0.717) is 12.0 Å². The monoisotopic (exact) mass is 210 g/mol. The molecule has 0 aromatic carbocycles. The summed E-state index contributed by atoms with van der Waals surface area (Å²) in [5.41, 5.74) is 1.85. The zero-order chi connectivity index (χ0) is 9.97. The van der Waals surface area contributed by atoms with Gasteiger partial charge in [0, 0.05) is 11.8 Å². The van der Waals surface area contributed by atoms with Crippen LogP contribution >= 0.6 is 11.8 Å². The zero-order valence-corrected chi connectivity index (χ0v) is 9.27. The molecule has 2 rings (SSSR count). The van der Waals surface area contributed by atoms with Crippen molar-refractivity contribution in [2.75, 3.05) is 16.8 Å². The molecule has 0 radical (unpaired) electrons. The normalized spacial score (nSPS) is 21.1. The van der Waals surface area contributed by atoms with Crippen molar-refractivity contribution >= 4 is 17.7 Å². The second kappa shape index (κ2) is 4.13. The Kier molecular flexibility index (Phi) is 2.86. The molecule has 1 saturated heterocycles. The van der Waals surface area contributed by atoms with E-state index < -0.39 is 0 Å². The van der Waals surface area contributed by atoms with Crippen molar-refractivity contribution < 1.29 is 0 Å². The van der Waals surface area contributed by atoms with E-state index in [9.17, 15) is 0 Å². The van der Waals surface area contributed by atoms with Gasteiger partial charge in [0.15, 0.2) is 0 Å². The first-order valence-corrected chi connectivity index (χ1v) is 5.93. The summed E-state index contributed by atoms with van der Waals surface area (Å²) in [6.07, 6.45) is 1.20. The topological polar surface area (TPSA) is 50.7 Å². The molecule has 0 bridgehead atoms. The highest BCUT2D eigenvalue weighted by Gasteiger charge is 2.16. The fraction of sp³-hybridized carbons (Fsp3) is 0.667. The van der Waals surface area contributed by atoms with Crippen LogP contribution in [0.3, 0.4) is 0 Å². The van der Waals surface area contributed by atoms with Crippen molar-refractivity contribution in [3.63, 3.8) is 0 Å². The highest BCUT2D eigenvalue weighted by molar-refractivity contribution is 7.99. The molecule has 5 heteroatoms. The fourth-order valence-electron chi connectivity index (χ4n) is 1.35. The quantitative estimate of drug-likeness (QED) is 0.799. The molecule has 1 aliphatic rings. The third-order valence-electron chi connectivity index (χ3n) is 2.35. The lowest BCUT2D eigenvalue weighted by atomic mass is 10.3. The summed E-state index contributed by atoms with van der Waals surface area (Å²) in [5, 5.41) is 11.4. The molecule has 1 aromatic heterocycles. The van der Waals surface area contributed by atoms with Gasteiger partial charge in [-0.25, -0.2) is 4.98 Å². The van der Waals surface area contributed by atoms with E-state index >= 15 is 0 Å². The van der Waals surface area contributed by atoms with Gasteiger partial charge in [-0.3, -0.25) is 0 Å². The van der Waals surface area contributed by atoms with Gasteiger partial charge in [0.2, 0.25) is 5.95 Å². The van der Waals surface area contributed by atoms with E-state index in [-0.39, 0.29) is 0 Å². The summed E-state index contributed by atoms with van der Waals surface area (Å²) < 4.78 is 0. The Hall–Kier alpha value is -0.840. The van der Waals surface area contributed by atoms with Crippen LogP contribution in [0, 0.1) is 13.8 Å². The maximum atomic E-state index is 4.34. The van der Waals surface area contributed by atoms with Gasteiger partial charge in [-0.2, -0.15) is 16.9 Å². The molecule has 1 fully saturated rings. The van der Waals surface area contributed by atoms with Crippen LogP contribution in [-0.4, -0.2) is 32.7 Å². The van der Waals surface area contributed by atoms with Crippen molar-refractivity contribution in [1.29, 1.82) is 0 Å². The number of hydrogen-bond acceptors (Lipinski definition) is 5. The van der Waals surface area contributed by atoms with Crippen molar-refractivity contribution in [2.24, 2.45) is 0 Å². The van der Waals surface area contributed by atoms with Crippen molar-refractivity contribution in [3.05, 3.63) is 11.4 Å². The molecule has 0 saturated carbocycles. The van der Waals surface area contributed by atoms with Gasteiger partial charge < -0.3 is 5.32 Å². The number of thioether (sulfide) groups is 1. The molecule has 14 heavy (non-hydrogen) atoms. The number of anilines is 1. The lowest BCUT2D eigenvalue weighted by molar-refractivity contribution is 0.779. The smallest absolute Gasteiger partial charge is 0.243 e. The minimum Gasteiger partial charge on any atom is -0.349 e. The van der Waals surface area contributed by atoms with Crippen molar-refractivity contribution in [1.82, 2.24) is 15.2 Å². The molecule has 1 unspecified atom stereocenters. The number of hydrogen-bond donors (Lipinski definition) is 1. The van der Waals surface area contributed by atoms with E-state index in [4.69, 9.17) is 0 Å². The van der Waals surface area contributed by atoms with Gasteiger partial charge in [-0.05, 0) is 26.0 Å². The first-order valence-electron chi connectivity index (χ1n) is 4.78. The second-order valence-electron chi connectivity index (χ2n) is 3.51. The third kappa shape index (κ3) is 2.15.